The number of hydrogen-bond acceptors (Lipinski definition) is 5. The molecule has 0 aliphatic carbocycles. The van der Waals surface area contributed by atoms with Crippen LogP contribution >= 0.6 is 0 Å². The molecule has 1 aliphatic heterocycles. The van der Waals surface area contributed by atoms with E-state index in [1.54, 1.807) is 0 Å². The molecule has 1 amide bonds. The fourth-order valence-electron chi connectivity index (χ4n) is 1.80. The van der Waals surface area contributed by atoms with Crippen LogP contribution in [0.3, 0.4) is 0 Å². The zero-order valence-corrected chi connectivity index (χ0v) is 9.31. The van der Waals surface area contributed by atoms with E-state index in [4.69, 9.17) is 0 Å². The van der Waals surface area contributed by atoms with Crippen molar-refractivity contribution in [3.05, 3.63) is 0 Å². The van der Waals surface area contributed by atoms with Crippen molar-refractivity contribution in [3.63, 3.8) is 0 Å². The summed E-state index contributed by atoms with van der Waals surface area (Å²) in [6.07, 6.45) is 0.968. The third-order valence-corrected chi connectivity index (χ3v) is 2.75. The van der Waals surface area contributed by atoms with Gasteiger partial charge in [-0.25, -0.2) is 0 Å². The Balaban J connectivity index is 2.44. The van der Waals surface area contributed by atoms with E-state index in [1.165, 1.54) is 0 Å². The first-order valence-electron chi connectivity index (χ1n) is 5.55. The summed E-state index contributed by atoms with van der Waals surface area (Å²) in [5, 5.41) is 25.1. The molecule has 0 radical (unpaired) electrons. The van der Waals surface area contributed by atoms with Gasteiger partial charge in [-0.3, -0.25) is 4.79 Å². The normalized spacial score (nSPS) is 20.8. The average Bonchev–Trinajstić information content (AvgIpc) is 2.76. The van der Waals surface area contributed by atoms with Gasteiger partial charge in [0, 0.05) is 18.8 Å². The van der Waals surface area contributed by atoms with Gasteiger partial charge in [-0.1, -0.05) is 0 Å². The van der Waals surface area contributed by atoms with E-state index in [0.29, 0.717) is 6.42 Å². The molecular weight excluding hydrogens is 228 g/mol. The summed E-state index contributed by atoms with van der Waals surface area (Å²) < 4.78 is 0. The molecule has 0 spiro atoms. The summed E-state index contributed by atoms with van der Waals surface area (Å²) in [6.45, 7) is 0.840. The molecule has 17 heavy (non-hydrogen) atoms. The molecule has 1 fully saturated rings. The lowest BCUT2D eigenvalue weighted by Crippen LogP contribution is -2.89. The van der Waals surface area contributed by atoms with E-state index in [2.05, 4.69) is 5.32 Å². The van der Waals surface area contributed by atoms with Crippen molar-refractivity contribution in [1.29, 1.82) is 0 Å². The fourth-order valence-corrected chi connectivity index (χ4v) is 1.80. The molecule has 0 aromatic carbocycles. The minimum atomic E-state index is -1.47. The van der Waals surface area contributed by atoms with Gasteiger partial charge >= 0.3 is 0 Å². The van der Waals surface area contributed by atoms with Crippen molar-refractivity contribution < 1.29 is 29.9 Å². The third kappa shape index (κ3) is 4.39. The number of rotatable bonds is 6. The Kier molecular flexibility index (Phi) is 4.89. The lowest BCUT2D eigenvalue weighted by molar-refractivity contribution is -0.657. The van der Waals surface area contributed by atoms with Gasteiger partial charge in [0.2, 0.25) is 0 Å². The SMILES string of the molecule is O=C([O-])CC[C@H](NC(=O)[C@H]1CCC[NH2+]1)C(=O)[O-]. The Morgan fingerprint density at radius 2 is 2.06 bits per heavy atom. The van der Waals surface area contributed by atoms with Crippen molar-refractivity contribution in [2.75, 3.05) is 6.54 Å². The minimum absolute atomic E-state index is 0.219. The van der Waals surface area contributed by atoms with Crippen LogP contribution in [0.2, 0.25) is 0 Å². The average molecular weight is 243 g/mol. The molecule has 0 aromatic rings. The Morgan fingerprint density at radius 3 is 2.53 bits per heavy atom. The van der Waals surface area contributed by atoms with Crippen molar-refractivity contribution in [2.45, 2.75) is 37.8 Å². The van der Waals surface area contributed by atoms with Gasteiger partial charge in [-0.05, 0) is 12.8 Å². The lowest BCUT2D eigenvalue weighted by atomic mass is 10.1. The Labute approximate surface area is 98.2 Å². The van der Waals surface area contributed by atoms with Crippen LogP contribution in [0.15, 0.2) is 0 Å². The summed E-state index contributed by atoms with van der Waals surface area (Å²) in [5.41, 5.74) is 0. The van der Waals surface area contributed by atoms with Gasteiger partial charge in [-0.2, -0.15) is 0 Å². The molecule has 2 atom stereocenters. The van der Waals surface area contributed by atoms with Crippen LogP contribution in [0.1, 0.15) is 25.7 Å². The van der Waals surface area contributed by atoms with E-state index in [-0.39, 0.29) is 18.4 Å². The van der Waals surface area contributed by atoms with Gasteiger partial charge in [0.1, 0.15) is 0 Å². The second-order valence-corrected chi connectivity index (χ2v) is 4.06. The summed E-state index contributed by atoms with van der Waals surface area (Å²) in [4.78, 5) is 32.5. The van der Waals surface area contributed by atoms with Crippen LogP contribution in [0.4, 0.5) is 0 Å². The van der Waals surface area contributed by atoms with Gasteiger partial charge in [0.05, 0.1) is 18.6 Å². The van der Waals surface area contributed by atoms with Crippen molar-refractivity contribution >= 4 is 17.8 Å². The van der Waals surface area contributed by atoms with Crippen molar-refractivity contribution in [2.24, 2.45) is 0 Å². The van der Waals surface area contributed by atoms with Crippen LogP contribution in [0, 0.1) is 0 Å². The van der Waals surface area contributed by atoms with Gasteiger partial charge < -0.3 is 30.4 Å². The number of quaternary nitrogens is 1. The molecule has 1 saturated heterocycles. The zero-order valence-electron chi connectivity index (χ0n) is 9.31. The molecule has 96 valence electrons. The standard InChI is InChI=1S/C10H16N2O5/c13-8(14)4-3-7(10(16)17)12-9(15)6-2-1-5-11-6/h6-7,11H,1-5H2,(H,12,15)(H,13,14)(H,16,17)/p-1/t6-,7+/m1/s1. The first-order valence-corrected chi connectivity index (χ1v) is 5.55. The van der Waals surface area contributed by atoms with Crippen LogP contribution in [-0.4, -0.2) is 36.5 Å². The largest absolute Gasteiger partial charge is 0.550 e. The molecule has 3 N–H and O–H groups in total. The first-order chi connectivity index (χ1) is 8.00. The van der Waals surface area contributed by atoms with E-state index in [9.17, 15) is 24.6 Å². The van der Waals surface area contributed by atoms with Crippen LogP contribution < -0.4 is 20.8 Å². The van der Waals surface area contributed by atoms with Crippen LogP contribution in [-0.2, 0) is 14.4 Å². The quantitative estimate of drug-likeness (QED) is 0.486. The van der Waals surface area contributed by atoms with Crippen LogP contribution in [0.5, 0.6) is 0 Å². The number of carbonyl (C=O) groups excluding carboxylic acids is 3. The third-order valence-electron chi connectivity index (χ3n) is 2.75. The summed E-state index contributed by atoms with van der Waals surface area (Å²) in [5.74, 6) is -3.20. The monoisotopic (exact) mass is 243 g/mol. The maximum absolute atomic E-state index is 11.6. The predicted octanol–water partition coefficient (Wildman–Crippen LogP) is -4.52. The number of carboxylic acid groups (broad SMARTS) is 2. The molecular formula is C10H15N2O5-. The summed E-state index contributed by atoms with van der Waals surface area (Å²) in [7, 11) is 0. The number of nitrogens with one attached hydrogen (secondary N) is 1. The maximum atomic E-state index is 11.6. The van der Waals surface area contributed by atoms with Crippen LogP contribution in [0.25, 0.3) is 0 Å². The van der Waals surface area contributed by atoms with Gasteiger partial charge in [0.25, 0.3) is 5.91 Å². The first kappa shape index (κ1) is 13.4. The van der Waals surface area contributed by atoms with Crippen molar-refractivity contribution in [1.82, 2.24) is 5.32 Å². The topological polar surface area (TPSA) is 126 Å². The molecule has 7 heteroatoms. The summed E-state index contributed by atoms with van der Waals surface area (Å²) >= 11 is 0. The number of carbonyl (C=O) groups is 3. The molecule has 1 aliphatic rings. The highest BCUT2D eigenvalue weighted by molar-refractivity contribution is 5.85. The zero-order chi connectivity index (χ0) is 12.8. The number of nitrogens with two attached hydrogens (primary N) is 1. The number of aliphatic carboxylic acids is 2. The number of amides is 1. The molecule has 0 bridgehead atoms. The second kappa shape index (κ2) is 6.19. The second-order valence-electron chi connectivity index (χ2n) is 4.06. The smallest absolute Gasteiger partial charge is 0.278 e. The van der Waals surface area contributed by atoms with E-state index < -0.39 is 24.4 Å². The minimum Gasteiger partial charge on any atom is -0.550 e. The van der Waals surface area contributed by atoms with E-state index in [1.807, 2.05) is 5.32 Å². The van der Waals surface area contributed by atoms with E-state index >= 15 is 0 Å². The highest BCUT2D eigenvalue weighted by atomic mass is 16.4. The Morgan fingerprint density at radius 1 is 1.35 bits per heavy atom. The maximum Gasteiger partial charge on any atom is 0.278 e. The molecule has 1 heterocycles. The molecule has 0 saturated carbocycles. The summed E-state index contributed by atoms with van der Waals surface area (Å²) in [6, 6.07) is -1.55. The Hall–Kier alpha value is -1.63. The highest BCUT2D eigenvalue weighted by Gasteiger charge is 2.27. The Bertz CT molecular complexity index is 312. The number of hydrogen-bond donors (Lipinski definition) is 2. The predicted molar refractivity (Wildman–Crippen MR) is 51.0 cm³/mol. The van der Waals surface area contributed by atoms with Crippen molar-refractivity contribution in [3.8, 4) is 0 Å². The number of carboxylic acids is 2. The van der Waals surface area contributed by atoms with Gasteiger partial charge in [-0.15, -0.1) is 0 Å². The molecule has 7 nitrogen and oxygen atoms in total. The molecule has 1 rings (SSSR count). The fraction of sp³-hybridized carbons (Fsp3) is 0.700. The van der Waals surface area contributed by atoms with E-state index in [0.717, 1.165) is 13.0 Å². The molecule has 0 aromatic heterocycles. The highest BCUT2D eigenvalue weighted by Crippen LogP contribution is 2.00. The van der Waals surface area contributed by atoms with Gasteiger partial charge in [0.15, 0.2) is 6.04 Å². The lowest BCUT2D eigenvalue weighted by Gasteiger charge is -2.20. The molecule has 0 unspecified atom stereocenters.